The van der Waals surface area contributed by atoms with Crippen LogP contribution in [0, 0.1) is 17.5 Å². The van der Waals surface area contributed by atoms with E-state index in [1.807, 2.05) is 0 Å². The summed E-state index contributed by atoms with van der Waals surface area (Å²) in [6.07, 6.45) is 0. The van der Waals surface area contributed by atoms with Crippen LogP contribution in [0.5, 0.6) is 5.75 Å². The van der Waals surface area contributed by atoms with Crippen molar-refractivity contribution in [2.75, 3.05) is 7.11 Å². The second-order valence-electron chi connectivity index (χ2n) is 4.25. The Labute approximate surface area is 119 Å². The summed E-state index contributed by atoms with van der Waals surface area (Å²) in [5, 5.41) is 2.43. The maximum Gasteiger partial charge on any atom is 0.254 e. The predicted molar refractivity (Wildman–Crippen MR) is 70.5 cm³/mol. The number of benzene rings is 2. The van der Waals surface area contributed by atoms with Crippen molar-refractivity contribution in [3.8, 4) is 5.75 Å². The lowest BCUT2D eigenvalue weighted by atomic mass is 10.1. The van der Waals surface area contributed by atoms with Gasteiger partial charge in [0.05, 0.1) is 12.7 Å². The molecule has 1 N–H and O–H groups in total. The third-order valence-electron chi connectivity index (χ3n) is 2.89. The van der Waals surface area contributed by atoms with E-state index in [9.17, 15) is 18.0 Å². The number of hydrogen-bond acceptors (Lipinski definition) is 2. The van der Waals surface area contributed by atoms with Crippen LogP contribution in [0.2, 0.25) is 0 Å². The zero-order valence-electron chi connectivity index (χ0n) is 11.1. The van der Waals surface area contributed by atoms with Crippen LogP contribution >= 0.6 is 0 Å². The molecule has 2 rings (SSSR count). The monoisotopic (exact) mass is 295 g/mol. The van der Waals surface area contributed by atoms with Crippen molar-refractivity contribution in [3.05, 3.63) is 65.0 Å². The van der Waals surface area contributed by atoms with E-state index in [-0.39, 0.29) is 6.54 Å². The van der Waals surface area contributed by atoms with E-state index in [2.05, 4.69) is 5.32 Å². The standard InChI is InChI=1S/C15H12F3NO2/c1-21-10-4-2-9(3-5-10)8-19-15(20)11-6-7-12(16)14(18)13(11)17/h2-7H,8H2,1H3,(H,19,20). The van der Waals surface area contributed by atoms with Crippen molar-refractivity contribution in [3.63, 3.8) is 0 Å². The van der Waals surface area contributed by atoms with Crippen LogP contribution in [0.1, 0.15) is 15.9 Å². The fraction of sp³-hybridized carbons (Fsp3) is 0.133. The first kappa shape index (κ1) is 14.9. The minimum Gasteiger partial charge on any atom is -0.497 e. The lowest BCUT2D eigenvalue weighted by molar-refractivity contribution is 0.0945. The smallest absolute Gasteiger partial charge is 0.254 e. The number of halogens is 3. The molecule has 0 saturated carbocycles. The summed E-state index contributed by atoms with van der Waals surface area (Å²) in [6.45, 7) is 0.126. The molecule has 0 spiro atoms. The average Bonchev–Trinajstić information content (AvgIpc) is 2.51. The maximum absolute atomic E-state index is 13.4. The van der Waals surface area contributed by atoms with Crippen molar-refractivity contribution >= 4 is 5.91 Å². The van der Waals surface area contributed by atoms with Crippen LogP contribution in [0.25, 0.3) is 0 Å². The first-order valence-corrected chi connectivity index (χ1v) is 6.07. The fourth-order valence-electron chi connectivity index (χ4n) is 1.72. The van der Waals surface area contributed by atoms with E-state index in [0.29, 0.717) is 11.8 Å². The van der Waals surface area contributed by atoms with Crippen LogP contribution in [0.4, 0.5) is 13.2 Å². The Bertz CT molecular complexity index is 657. The number of amides is 1. The van der Waals surface area contributed by atoms with Gasteiger partial charge in [-0.1, -0.05) is 12.1 Å². The second kappa shape index (κ2) is 6.30. The molecule has 1 amide bonds. The number of carbonyl (C=O) groups is 1. The van der Waals surface area contributed by atoms with E-state index in [0.717, 1.165) is 11.6 Å². The summed E-state index contributed by atoms with van der Waals surface area (Å²) in [4.78, 5) is 11.8. The Morgan fingerprint density at radius 3 is 2.33 bits per heavy atom. The Morgan fingerprint density at radius 2 is 1.71 bits per heavy atom. The maximum atomic E-state index is 13.4. The van der Waals surface area contributed by atoms with Crippen LogP contribution in [-0.4, -0.2) is 13.0 Å². The molecule has 6 heteroatoms. The van der Waals surface area contributed by atoms with Gasteiger partial charge in [-0.15, -0.1) is 0 Å². The third-order valence-corrected chi connectivity index (χ3v) is 2.89. The highest BCUT2D eigenvalue weighted by Gasteiger charge is 2.18. The molecule has 0 radical (unpaired) electrons. The normalized spacial score (nSPS) is 10.3. The summed E-state index contributed by atoms with van der Waals surface area (Å²) in [5.74, 6) is -4.65. The van der Waals surface area contributed by atoms with E-state index < -0.39 is 28.9 Å². The van der Waals surface area contributed by atoms with Crippen molar-refractivity contribution in [1.82, 2.24) is 5.32 Å². The molecule has 3 nitrogen and oxygen atoms in total. The molecule has 0 aliphatic heterocycles. The number of hydrogen-bond donors (Lipinski definition) is 1. The Morgan fingerprint density at radius 1 is 1.05 bits per heavy atom. The number of methoxy groups -OCH3 is 1. The topological polar surface area (TPSA) is 38.3 Å². The largest absolute Gasteiger partial charge is 0.497 e. The molecule has 0 bridgehead atoms. The quantitative estimate of drug-likeness (QED) is 0.880. The molecule has 0 heterocycles. The van der Waals surface area contributed by atoms with Gasteiger partial charge in [-0.2, -0.15) is 0 Å². The van der Waals surface area contributed by atoms with Gasteiger partial charge in [0, 0.05) is 6.54 Å². The van der Waals surface area contributed by atoms with E-state index in [1.165, 1.54) is 7.11 Å². The number of carbonyl (C=O) groups excluding carboxylic acids is 1. The molecule has 110 valence electrons. The van der Waals surface area contributed by atoms with Gasteiger partial charge in [0.15, 0.2) is 17.5 Å². The molecule has 0 saturated heterocycles. The van der Waals surface area contributed by atoms with Crippen molar-refractivity contribution < 1.29 is 22.7 Å². The van der Waals surface area contributed by atoms with Gasteiger partial charge < -0.3 is 10.1 Å². The predicted octanol–water partition coefficient (Wildman–Crippen LogP) is 3.04. The van der Waals surface area contributed by atoms with Crippen LogP contribution in [-0.2, 0) is 6.54 Å². The zero-order chi connectivity index (χ0) is 15.4. The first-order valence-electron chi connectivity index (χ1n) is 6.07. The van der Waals surface area contributed by atoms with Crippen LogP contribution in [0.3, 0.4) is 0 Å². The molecule has 0 aliphatic carbocycles. The molecule has 0 atom stereocenters. The lowest BCUT2D eigenvalue weighted by Gasteiger charge is -2.07. The van der Waals surface area contributed by atoms with E-state index in [1.54, 1.807) is 24.3 Å². The second-order valence-corrected chi connectivity index (χ2v) is 4.25. The number of nitrogens with one attached hydrogen (secondary N) is 1. The highest BCUT2D eigenvalue weighted by Crippen LogP contribution is 2.15. The molecular weight excluding hydrogens is 283 g/mol. The Kier molecular flexibility index (Phi) is 4.47. The highest BCUT2D eigenvalue weighted by molar-refractivity contribution is 5.94. The van der Waals surface area contributed by atoms with Crippen LogP contribution < -0.4 is 10.1 Å². The molecule has 0 unspecified atom stereocenters. The summed E-state index contributed by atoms with van der Waals surface area (Å²) < 4.78 is 44.3. The first-order chi connectivity index (χ1) is 10.0. The van der Waals surface area contributed by atoms with Gasteiger partial charge in [0.1, 0.15) is 5.75 Å². The average molecular weight is 295 g/mol. The third kappa shape index (κ3) is 3.34. The van der Waals surface area contributed by atoms with Crippen molar-refractivity contribution in [1.29, 1.82) is 0 Å². The minimum atomic E-state index is -1.66. The Hall–Kier alpha value is -2.50. The molecule has 21 heavy (non-hydrogen) atoms. The van der Waals surface area contributed by atoms with E-state index in [4.69, 9.17) is 4.74 Å². The molecule has 0 aromatic heterocycles. The van der Waals surface area contributed by atoms with Gasteiger partial charge in [0.2, 0.25) is 0 Å². The highest BCUT2D eigenvalue weighted by atomic mass is 19.2. The Balaban J connectivity index is 2.06. The molecule has 0 aliphatic rings. The molecule has 2 aromatic carbocycles. The summed E-state index contributed by atoms with van der Waals surface area (Å²) in [7, 11) is 1.53. The van der Waals surface area contributed by atoms with Crippen molar-refractivity contribution in [2.24, 2.45) is 0 Å². The lowest BCUT2D eigenvalue weighted by Crippen LogP contribution is -2.24. The summed E-state index contributed by atoms with van der Waals surface area (Å²) in [6, 6.07) is 8.47. The van der Waals surface area contributed by atoms with Gasteiger partial charge in [0.25, 0.3) is 5.91 Å². The van der Waals surface area contributed by atoms with Crippen LogP contribution in [0.15, 0.2) is 36.4 Å². The zero-order valence-corrected chi connectivity index (χ0v) is 11.1. The van der Waals surface area contributed by atoms with Crippen molar-refractivity contribution in [2.45, 2.75) is 6.54 Å². The van der Waals surface area contributed by atoms with E-state index >= 15 is 0 Å². The van der Waals surface area contributed by atoms with Gasteiger partial charge >= 0.3 is 0 Å². The fourth-order valence-corrected chi connectivity index (χ4v) is 1.72. The van der Waals surface area contributed by atoms with Gasteiger partial charge in [-0.25, -0.2) is 13.2 Å². The molecule has 2 aromatic rings. The molecular formula is C15H12F3NO2. The summed E-state index contributed by atoms with van der Waals surface area (Å²) in [5.41, 5.74) is 0.217. The van der Waals surface area contributed by atoms with Gasteiger partial charge in [-0.3, -0.25) is 4.79 Å². The van der Waals surface area contributed by atoms with Gasteiger partial charge in [-0.05, 0) is 29.8 Å². The number of rotatable bonds is 4. The SMILES string of the molecule is COc1ccc(CNC(=O)c2ccc(F)c(F)c2F)cc1. The summed E-state index contributed by atoms with van der Waals surface area (Å²) >= 11 is 0. The molecule has 0 fully saturated rings. The minimum absolute atomic E-state index is 0.126. The number of ether oxygens (including phenoxy) is 1.